The normalized spacial score (nSPS) is 28.1. The van der Waals surface area contributed by atoms with Gasteiger partial charge in [0.2, 0.25) is 0 Å². The maximum atomic E-state index is 3.96. The Morgan fingerprint density at radius 2 is 2.05 bits per heavy atom. The highest BCUT2D eigenvalue weighted by atomic mass is 32.1. The van der Waals surface area contributed by atoms with Crippen LogP contribution in [0.1, 0.15) is 41.7 Å². The maximum Gasteiger partial charge on any atom is 0.0480 e. The molecule has 0 saturated heterocycles. The van der Waals surface area contributed by atoms with Gasteiger partial charge >= 0.3 is 0 Å². The first-order valence-corrected chi connectivity index (χ1v) is 8.62. The molecule has 4 rings (SSSR count). The highest BCUT2D eigenvalue weighted by molar-refractivity contribution is 7.10. The summed E-state index contributed by atoms with van der Waals surface area (Å²) in [5, 5.41) is 6.24. The molecular formula is C18H21NS. The maximum absolute atomic E-state index is 3.96. The molecule has 2 aliphatic carbocycles. The topological polar surface area (TPSA) is 12.0 Å². The summed E-state index contributed by atoms with van der Waals surface area (Å²) in [6.45, 7) is 0.993. The van der Waals surface area contributed by atoms with Crippen molar-refractivity contribution >= 4 is 11.3 Å². The lowest BCUT2D eigenvalue weighted by Gasteiger charge is -2.41. The molecule has 1 saturated carbocycles. The van der Waals surface area contributed by atoms with Crippen molar-refractivity contribution in [1.29, 1.82) is 0 Å². The van der Waals surface area contributed by atoms with Gasteiger partial charge in [0.1, 0.15) is 0 Å². The second kappa shape index (κ2) is 5.01. The number of fused-ring (bicyclic) bond motifs is 3. The molecule has 20 heavy (non-hydrogen) atoms. The van der Waals surface area contributed by atoms with E-state index in [-0.39, 0.29) is 5.54 Å². The van der Waals surface area contributed by atoms with Crippen LogP contribution in [0.2, 0.25) is 0 Å². The van der Waals surface area contributed by atoms with Crippen molar-refractivity contribution in [2.24, 2.45) is 5.92 Å². The lowest BCUT2D eigenvalue weighted by Crippen LogP contribution is -2.47. The summed E-state index contributed by atoms with van der Waals surface area (Å²) in [5.41, 5.74) is 3.28. The van der Waals surface area contributed by atoms with Crippen molar-refractivity contribution in [3.63, 3.8) is 0 Å². The lowest BCUT2D eigenvalue weighted by molar-refractivity contribution is 0.157. The van der Waals surface area contributed by atoms with Crippen molar-refractivity contribution < 1.29 is 0 Å². The third kappa shape index (κ3) is 1.94. The summed E-state index contributed by atoms with van der Waals surface area (Å²) >= 11 is 1.96. The molecule has 0 aliphatic heterocycles. The van der Waals surface area contributed by atoms with Gasteiger partial charge in [0.15, 0.2) is 0 Å². The summed E-state index contributed by atoms with van der Waals surface area (Å²) in [4.78, 5) is 1.64. The molecule has 0 bridgehead atoms. The van der Waals surface area contributed by atoms with Gasteiger partial charge in [-0.15, -0.1) is 11.3 Å². The van der Waals surface area contributed by atoms with E-state index in [0.717, 1.165) is 12.5 Å². The number of thiophene rings is 1. The van der Waals surface area contributed by atoms with E-state index >= 15 is 0 Å². The average molecular weight is 283 g/mol. The molecule has 1 fully saturated rings. The van der Waals surface area contributed by atoms with Crippen LogP contribution in [0.25, 0.3) is 0 Å². The minimum Gasteiger partial charge on any atom is -0.303 e. The minimum atomic E-state index is 0.267. The molecule has 0 radical (unpaired) electrons. The summed E-state index contributed by atoms with van der Waals surface area (Å²) in [6.07, 6.45) is 6.79. The quantitative estimate of drug-likeness (QED) is 0.875. The monoisotopic (exact) mass is 283 g/mol. The van der Waals surface area contributed by atoms with Gasteiger partial charge in [0.25, 0.3) is 0 Å². The van der Waals surface area contributed by atoms with Gasteiger partial charge in [-0.3, -0.25) is 0 Å². The first kappa shape index (κ1) is 12.6. The van der Waals surface area contributed by atoms with Gasteiger partial charge in [-0.25, -0.2) is 0 Å². The van der Waals surface area contributed by atoms with Gasteiger partial charge < -0.3 is 5.32 Å². The molecule has 1 heterocycles. The van der Waals surface area contributed by atoms with Gasteiger partial charge in [0, 0.05) is 17.0 Å². The number of hydrogen-bond donors (Lipinski definition) is 1. The fourth-order valence-electron chi connectivity index (χ4n) is 4.18. The largest absolute Gasteiger partial charge is 0.303 e. The molecule has 2 atom stereocenters. The Morgan fingerprint density at radius 1 is 1.15 bits per heavy atom. The molecular weight excluding hydrogens is 262 g/mol. The zero-order valence-electron chi connectivity index (χ0n) is 11.8. The van der Waals surface area contributed by atoms with Crippen LogP contribution < -0.4 is 5.32 Å². The molecule has 1 nitrogen and oxygen atoms in total. The van der Waals surface area contributed by atoms with Gasteiger partial charge in [-0.05, 0) is 47.8 Å². The van der Waals surface area contributed by atoms with Crippen molar-refractivity contribution in [2.75, 3.05) is 0 Å². The molecule has 1 N–H and O–H groups in total. The number of benzene rings is 1. The van der Waals surface area contributed by atoms with E-state index in [2.05, 4.69) is 47.1 Å². The SMILES string of the molecule is c1ccc(CN[C@@]23CCCC[C@@H]2Cc2sccc23)cc1. The Kier molecular flexibility index (Phi) is 3.16. The molecule has 104 valence electrons. The highest BCUT2D eigenvalue weighted by Gasteiger charge is 2.47. The Hall–Kier alpha value is -1.12. The molecule has 2 aliphatic rings. The predicted octanol–water partition coefficient (Wildman–Crippen LogP) is 4.48. The Bertz CT molecular complexity index is 588. The van der Waals surface area contributed by atoms with E-state index in [1.54, 1.807) is 10.4 Å². The minimum absolute atomic E-state index is 0.267. The van der Waals surface area contributed by atoms with Crippen LogP contribution in [-0.2, 0) is 18.5 Å². The Labute approximate surface area is 125 Å². The third-order valence-electron chi connectivity index (χ3n) is 5.18. The molecule has 2 heteroatoms. The standard InChI is InChI=1S/C18H21NS/c1-2-6-14(7-3-1)13-19-18-10-5-4-8-15(18)12-17-16(18)9-11-20-17/h1-3,6-7,9,11,15,19H,4-5,8,10,12-13H2/t15-,18+/m1/s1. The number of rotatable bonds is 3. The Morgan fingerprint density at radius 3 is 2.95 bits per heavy atom. The lowest BCUT2D eigenvalue weighted by atomic mass is 9.73. The smallest absolute Gasteiger partial charge is 0.0480 e. The summed E-state index contributed by atoms with van der Waals surface area (Å²) in [6, 6.07) is 13.2. The Balaban J connectivity index is 1.62. The third-order valence-corrected chi connectivity index (χ3v) is 6.12. The fourth-order valence-corrected chi connectivity index (χ4v) is 5.22. The molecule has 0 unspecified atom stereocenters. The summed E-state index contributed by atoms with van der Waals surface area (Å²) in [5.74, 6) is 0.822. The first-order valence-electron chi connectivity index (χ1n) is 7.74. The van der Waals surface area contributed by atoms with Gasteiger partial charge in [0.05, 0.1) is 0 Å². The first-order chi connectivity index (χ1) is 9.88. The molecule has 1 aromatic carbocycles. The van der Waals surface area contributed by atoms with Crippen LogP contribution in [0.15, 0.2) is 41.8 Å². The second-order valence-electron chi connectivity index (χ2n) is 6.21. The van der Waals surface area contributed by atoms with Gasteiger partial charge in [-0.1, -0.05) is 43.2 Å². The van der Waals surface area contributed by atoms with Crippen LogP contribution in [-0.4, -0.2) is 0 Å². The van der Waals surface area contributed by atoms with Crippen LogP contribution >= 0.6 is 11.3 Å². The molecule has 0 amide bonds. The second-order valence-corrected chi connectivity index (χ2v) is 7.22. The number of hydrogen-bond acceptors (Lipinski definition) is 2. The van der Waals surface area contributed by atoms with Crippen LogP contribution in [0, 0.1) is 5.92 Å². The van der Waals surface area contributed by atoms with Crippen molar-refractivity contribution in [2.45, 2.75) is 44.2 Å². The van der Waals surface area contributed by atoms with E-state index in [1.807, 2.05) is 11.3 Å². The van der Waals surface area contributed by atoms with E-state index in [1.165, 1.54) is 37.7 Å². The zero-order valence-corrected chi connectivity index (χ0v) is 12.6. The van der Waals surface area contributed by atoms with E-state index < -0.39 is 0 Å². The van der Waals surface area contributed by atoms with Crippen LogP contribution in [0.4, 0.5) is 0 Å². The van der Waals surface area contributed by atoms with E-state index in [4.69, 9.17) is 0 Å². The van der Waals surface area contributed by atoms with Gasteiger partial charge in [-0.2, -0.15) is 0 Å². The van der Waals surface area contributed by atoms with E-state index in [0.29, 0.717) is 0 Å². The fraction of sp³-hybridized carbons (Fsp3) is 0.444. The highest BCUT2D eigenvalue weighted by Crippen LogP contribution is 2.51. The zero-order chi connectivity index (χ0) is 13.4. The molecule has 0 spiro atoms. The van der Waals surface area contributed by atoms with Crippen LogP contribution in [0.5, 0.6) is 0 Å². The summed E-state index contributed by atoms with van der Waals surface area (Å²) < 4.78 is 0. The molecule has 1 aromatic heterocycles. The van der Waals surface area contributed by atoms with Crippen molar-refractivity contribution in [3.8, 4) is 0 Å². The van der Waals surface area contributed by atoms with E-state index in [9.17, 15) is 0 Å². The van der Waals surface area contributed by atoms with Crippen molar-refractivity contribution in [3.05, 3.63) is 57.8 Å². The predicted molar refractivity (Wildman–Crippen MR) is 84.9 cm³/mol. The summed E-state index contributed by atoms with van der Waals surface area (Å²) in [7, 11) is 0. The van der Waals surface area contributed by atoms with Crippen molar-refractivity contribution in [1.82, 2.24) is 5.32 Å². The van der Waals surface area contributed by atoms with Crippen LogP contribution in [0.3, 0.4) is 0 Å². The average Bonchev–Trinajstić information content (AvgIpc) is 3.06. The molecule has 2 aromatic rings. The number of nitrogens with one attached hydrogen (secondary N) is 1.